The van der Waals surface area contributed by atoms with Gasteiger partial charge in [0.15, 0.2) is 5.96 Å². The number of halogens is 1. The minimum absolute atomic E-state index is 0. The van der Waals surface area contributed by atoms with E-state index in [1.165, 1.54) is 0 Å². The number of guanidine groups is 1. The van der Waals surface area contributed by atoms with Crippen LogP contribution >= 0.6 is 35.3 Å². The molecule has 1 amide bonds. The summed E-state index contributed by atoms with van der Waals surface area (Å²) >= 11 is 1.63. The second kappa shape index (κ2) is 12.0. The maximum atomic E-state index is 11.9. The fourth-order valence-electron chi connectivity index (χ4n) is 3.01. The van der Waals surface area contributed by atoms with Gasteiger partial charge in [0.1, 0.15) is 5.01 Å². The van der Waals surface area contributed by atoms with Crippen molar-refractivity contribution >= 4 is 47.4 Å². The van der Waals surface area contributed by atoms with Gasteiger partial charge in [0.05, 0.1) is 18.8 Å². The van der Waals surface area contributed by atoms with Crippen molar-refractivity contribution in [3.05, 3.63) is 40.7 Å². The largest absolute Gasteiger partial charge is 0.450 e. The Morgan fingerprint density at radius 1 is 1.17 bits per heavy atom. The number of ether oxygens (including phenoxy) is 1. The maximum Gasteiger partial charge on any atom is 0.409 e. The van der Waals surface area contributed by atoms with E-state index in [2.05, 4.69) is 34.7 Å². The van der Waals surface area contributed by atoms with Crippen molar-refractivity contribution in [2.75, 3.05) is 39.3 Å². The van der Waals surface area contributed by atoms with Crippen LogP contribution in [0.1, 0.15) is 18.9 Å². The molecule has 0 radical (unpaired) electrons. The molecule has 1 fully saturated rings. The van der Waals surface area contributed by atoms with Crippen molar-refractivity contribution in [2.45, 2.75) is 20.4 Å². The zero-order valence-electron chi connectivity index (χ0n) is 16.8. The Kier molecular flexibility index (Phi) is 9.65. The minimum atomic E-state index is -0.236. The summed E-state index contributed by atoms with van der Waals surface area (Å²) < 4.78 is 5.08. The lowest BCUT2D eigenvalue weighted by atomic mass is 10.2. The summed E-state index contributed by atoms with van der Waals surface area (Å²) in [7, 11) is 0. The molecular formula is C20H28IN5O2S. The molecule has 0 aliphatic carbocycles. The molecule has 0 unspecified atom stereocenters. The summed E-state index contributed by atoms with van der Waals surface area (Å²) in [5.41, 5.74) is 2.11. The zero-order chi connectivity index (χ0) is 19.8. The zero-order valence-corrected chi connectivity index (χ0v) is 20.0. The van der Waals surface area contributed by atoms with Crippen LogP contribution in [0.3, 0.4) is 0 Å². The van der Waals surface area contributed by atoms with Gasteiger partial charge in [0.25, 0.3) is 0 Å². The highest BCUT2D eigenvalue weighted by molar-refractivity contribution is 14.0. The van der Waals surface area contributed by atoms with Crippen LogP contribution in [-0.2, 0) is 11.3 Å². The second-order valence-corrected chi connectivity index (χ2v) is 7.28. The first-order valence-corrected chi connectivity index (χ1v) is 10.5. The first-order valence-electron chi connectivity index (χ1n) is 9.66. The fraction of sp³-hybridized carbons (Fsp3) is 0.450. The Bertz CT molecular complexity index is 791. The van der Waals surface area contributed by atoms with Gasteiger partial charge < -0.3 is 19.9 Å². The SMILES string of the molecule is CCNC(=NCc1nc(-c2ccccc2)cs1)N1CCN(C(=O)OCC)CC1.I. The van der Waals surface area contributed by atoms with E-state index < -0.39 is 0 Å². The molecule has 7 nitrogen and oxygen atoms in total. The summed E-state index contributed by atoms with van der Waals surface area (Å²) in [4.78, 5) is 25.3. The monoisotopic (exact) mass is 529 g/mol. The number of nitrogens with one attached hydrogen (secondary N) is 1. The minimum Gasteiger partial charge on any atom is -0.450 e. The van der Waals surface area contributed by atoms with E-state index in [0.29, 0.717) is 26.2 Å². The average Bonchev–Trinajstić information content (AvgIpc) is 3.21. The Labute approximate surface area is 193 Å². The van der Waals surface area contributed by atoms with Crippen LogP contribution in [0.4, 0.5) is 4.79 Å². The molecular weight excluding hydrogens is 501 g/mol. The number of rotatable bonds is 5. The number of thiazole rings is 1. The number of hydrogen-bond acceptors (Lipinski definition) is 5. The highest BCUT2D eigenvalue weighted by Gasteiger charge is 2.23. The summed E-state index contributed by atoms with van der Waals surface area (Å²) in [5, 5.41) is 6.41. The number of amides is 1. The topological polar surface area (TPSA) is 70.1 Å². The number of benzene rings is 1. The quantitative estimate of drug-likeness (QED) is 0.364. The van der Waals surface area contributed by atoms with E-state index in [0.717, 1.165) is 41.9 Å². The van der Waals surface area contributed by atoms with E-state index in [1.807, 2.05) is 25.1 Å². The highest BCUT2D eigenvalue weighted by atomic mass is 127. The molecule has 0 bridgehead atoms. The second-order valence-electron chi connectivity index (χ2n) is 6.34. The summed E-state index contributed by atoms with van der Waals surface area (Å²) in [6, 6.07) is 10.2. The van der Waals surface area contributed by atoms with Crippen molar-refractivity contribution in [3.63, 3.8) is 0 Å². The average molecular weight is 529 g/mol. The van der Waals surface area contributed by atoms with Crippen molar-refractivity contribution in [1.82, 2.24) is 20.1 Å². The lowest BCUT2D eigenvalue weighted by molar-refractivity contribution is 0.0914. The van der Waals surface area contributed by atoms with Gasteiger partial charge in [-0.1, -0.05) is 30.3 Å². The molecule has 0 atom stereocenters. The Morgan fingerprint density at radius 3 is 2.52 bits per heavy atom. The normalized spacial score (nSPS) is 14.3. The molecule has 0 spiro atoms. The fourth-order valence-corrected chi connectivity index (χ4v) is 3.74. The van der Waals surface area contributed by atoms with Gasteiger partial charge in [-0.25, -0.2) is 14.8 Å². The van der Waals surface area contributed by atoms with Crippen molar-refractivity contribution in [3.8, 4) is 11.3 Å². The van der Waals surface area contributed by atoms with Crippen molar-refractivity contribution in [2.24, 2.45) is 4.99 Å². The van der Waals surface area contributed by atoms with Crippen LogP contribution in [0.25, 0.3) is 11.3 Å². The van der Waals surface area contributed by atoms with Gasteiger partial charge in [0, 0.05) is 43.7 Å². The van der Waals surface area contributed by atoms with Crippen LogP contribution in [-0.4, -0.2) is 66.2 Å². The van der Waals surface area contributed by atoms with Crippen LogP contribution in [0, 0.1) is 0 Å². The highest BCUT2D eigenvalue weighted by Crippen LogP contribution is 2.22. The number of piperazine rings is 1. The van der Waals surface area contributed by atoms with E-state index in [9.17, 15) is 4.79 Å². The first kappa shape index (κ1) is 23.4. The Balaban J connectivity index is 0.00000300. The molecule has 1 aliphatic rings. The van der Waals surface area contributed by atoms with E-state index in [1.54, 1.807) is 16.2 Å². The number of hydrogen-bond donors (Lipinski definition) is 1. The van der Waals surface area contributed by atoms with Gasteiger partial charge in [0.2, 0.25) is 0 Å². The van der Waals surface area contributed by atoms with Crippen LogP contribution in [0.2, 0.25) is 0 Å². The standard InChI is InChI=1S/C20H27N5O2S.HI/c1-3-21-19(24-10-12-25(13-11-24)20(26)27-4-2)22-14-18-23-17(15-28-18)16-8-6-5-7-9-16;/h5-9,15H,3-4,10-14H2,1-2H3,(H,21,22);1H. The van der Waals surface area contributed by atoms with Gasteiger partial charge >= 0.3 is 6.09 Å². The summed E-state index contributed by atoms with van der Waals surface area (Å²) in [6.45, 7) is 8.37. The van der Waals surface area contributed by atoms with Gasteiger partial charge in [-0.2, -0.15) is 0 Å². The van der Waals surface area contributed by atoms with Crippen LogP contribution < -0.4 is 5.32 Å². The van der Waals surface area contributed by atoms with Gasteiger partial charge in [-0.05, 0) is 13.8 Å². The third-order valence-electron chi connectivity index (χ3n) is 4.43. The third-order valence-corrected chi connectivity index (χ3v) is 5.26. The summed E-state index contributed by atoms with van der Waals surface area (Å²) in [6.07, 6.45) is -0.236. The molecule has 1 aliphatic heterocycles. The maximum absolute atomic E-state index is 11.9. The number of aromatic nitrogens is 1. The van der Waals surface area contributed by atoms with E-state index >= 15 is 0 Å². The third kappa shape index (κ3) is 6.56. The molecule has 2 aromatic rings. The molecule has 0 saturated carbocycles. The van der Waals surface area contributed by atoms with Crippen molar-refractivity contribution in [1.29, 1.82) is 0 Å². The molecule has 1 aromatic heterocycles. The van der Waals surface area contributed by atoms with Crippen LogP contribution in [0.5, 0.6) is 0 Å². The Morgan fingerprint density at radius 2 is 1.86 bits per heavy atom. The van der Waals surface area contributed by atoms with Gasteiger partial charge in [-0.3, -0.25) is 0 Å². The molecule has 1 saturated heterocycles. The number of aliphatic imine (C=N–C) groups is 1. The molecule has 1 N–H and O–H groups in total. The molecule has 3 rings (SSSR count). The molecule has 29 heavy (non-hydrogen) atoms. The predicted molar refractivity (Wildman–Crippen MR) is 128 cm³/mol. The van der Waals surface area contributed by atoms with Gasteiger partial charge in [-0.15, -0.1) is 35.3 Å². The number of carbonyl (C=O) groups excluding carboxylic acids is 1. The van der Waals surface area contributed by atoms with Crippen molar-refractivity contribution < 1.29 is 9.53 Å². The lowest BCUT2D eigenvalue weighted by Gasteiger charge is -2.35. The predicted octanol–water partition coefficient (Wildman–Crippen LogP) is 3.67. The first-order chi connectivity index (χ1) is 13.7. The summed E-state index contributed by atoms with van der Waals surface area (Å²) in [5.74, 6) is 0.863. The molecule has 1 aromatic carbocycles. The number of carbonyl (C=O) groups is 1. The smallest absolute Gasteiger partial charge is 0.409 e. The molecule has 2 heterocycles. The molecule has 158 valence electrons. The molecule has 9 heteroatoms. The van der Waals surface area contributed by atoms with E-state index in [4.69, 9.17) is 14.7 Å². The number of nitrogens with zero attached hydrogens (tertiary/aromatic N) is 4. The van der Waals surface area contributed by atoms with E-state index in [-0.39, 0.29) is 30.1 Å². The lowest BCUT2D eigenvalue weighted by Crippen LogP contribution is -2.53. The van der Waals surface area contributed by atoms with Crippen LogP contribution in [0.15, 0.2) is 40.7 Å². The Hall–Kier alpha value is -1.88.